The molecule has 2 N–H and O–H groups in total. The molecule has 134 valence electrons. The van der Waals surface area contributed by atoms with E-state index >= 15 is 0 Å². The van der Waals surface area contributed by atoms with Crippen molar-refractivity contribution in [2.75, 3.05) is 18.9 Å². The summed E-state index contributed by atoms with van der Waals surface area (Å²) < 4.78 is 16.3. The maximum Gasteiger partial charge on any atom is 0.261 e. The normalized spacial score (nSPS) is 16.7. The van der Waals surface area contributed by atoms with Crippen molar-refractivity contribution in [3.63, 3.8) is 0 Å². The molecular formula is C19H18ClN3O3. The molecule has 1 saturated heterocycles. The molecule has 0 amide bonds. The number of rotatable bonds is 5. The van der Waals surface area contributed by atoms with Crippen LogP contribution in [0.2, 0.25) is 5.02 Å². The van der Waals surface area contributed by atoms with E-state index in [-0.39, 0.29) is 12.1 Å². The molecule has 0 bridgehead atoms. The van der Waals surface area contributed by atoms with Crippen molar-refractivity contribution in [2.24, 2.45) is 0 Å². The Bertz CT molecular complexity index is 889. The van der Waals surface area contributed by atoms with Gasteiger partial charge in [0.05, 0.1) is 13.2 Å². The van der Waals surface area contributed by atoms with Crippen LogP contribution in [0.1, 0.15) is 17.5 Å². The van der Waals surface area contributed by atoms with Gasteiger partial charge in [-0.2, -0.15) is 4.98 Å². The van der Waals surface area contributed by atoms with Crippen LogP contribution in [-0.4, -0.2) is 29.5 Å². The molecule has 1 aliphatic heterocycles. The van der Waals surface area contributed by atoms with Gasteiger partial charge < -0.3 is 19.7 Å². The smallest absolute Gasteiger partial charge is 0.261 e. The van der Waals surface area contributed by atoms with Crippen molar-refractivity contribution < 1.29 is 14.0 Å². The van der Waals surface area contributed by atoms with Crippen molar-refractivity contribution in [1.82, 2.24) is 10.1 Å². The molecule has 2 heterocycles. The van der Waals surface area contributed by atoms with Crippen LogP contribution in [0, 0.1) is 0 Å². The summed E-state index contributed by atoms with van der Waals surface area (Å²) in [5, 5.41) is 4.30. The van der Waals surface area contributed by atoms with E-state index in [1.807, 2.05) is 42.5 Å². The maximum absolute atomic E-state index is 6.35. The van der Waals surface area contributed by atoms with Gasteiger partial charge in [-0.3, -0.25) is 0 Å². The number of anilines is 1. The van der Waals surface area contributed by atoms with Gasteiger partial charge in [0.25, 0.3) is 11.8 Å². The molecule has 0 saturated carbocycles. The standard InChI is InChI=1S/C19H18ClN3O3/c20-17-6-3-13(18-22-19(21)23-26-18)10-14(17)9-12-1-4-15(5-2-12)25-16-7-8-24-11-16/h1-6,10,16H,7-9,11H2,(H2,21,23)/t16-/m1/s1. The zero-order valence-electron chi connectivity index (χ0n) is 14.0. The van der Waals surface area contributed by atoms with Crippen molar-refractivity contribution in [1.29, 1.82) is 0 Å². The number of nitrogens with two attached hydrogens (primary N) is 1. The lowest BCUT2D eigenvalue weighted by atomic mass is 10.0. The summed E-state index contributed by atoms with van der Waals surface area (Å²) in [5.74, 6) is 1.34. The molecule has 3 aromatic rings. The Morgan fingerprint density at radius 1 is 1.19 bits per heavy atom. The van der Waals surface area contributed by atoms with E-state index in [9.17, 15) is 0 Å². The first-order valence-electron chi connectivity index (χ1n) is 8.39. The lowest BCUT2D eigenvalue weighted by Gasteiger charge is -2.12. The van der Waals surface area contributed by atoms with E-state index in [0.29, 0.717) is 23.9 Å². The number of aromatic nitrogens is 2. The van der Waals surface area contributed by atoms with E-state index in [4.69, 9.17) is 31.3 Å². The zero-order chi connectivity index (χ0) is 17.9. The third kappa shape index (κ3) is 3.81. The molecule has 4 rings (SSSR count). The van der Waals surface area contributed by atoms with Gasteiger partial charge in [0.15, 0.2) is 0 Å². The zero-order valence-corrected chi connectivity index (χ0v) is 14.8. The molecule has 0 radical (unpaired) electrons. The molecule has 0 spiro atoms. The van der Waals surface area contributed by atoms with Gasteiger partial charge in [0, 0.05) is 17.0 Å². The maximum atomic E-state index is 6.35. The second kappa shape index (κ2) is 7.35. The summed E-state index contributed by atoms with van der Waals surface area (Å²) in [4.78, 5) is 4.05. The van der Waals surface area contributed by atoms with Crippen LogP contribution in [0.5, 0.6) is 5.75 Å². The van der Waals surface area contributed by atoms with Gasteiger partial charge >= 0.3 is 0 Å². The van der Waals surface area contributed by atoms with Crippen molar-refractivity contribution in [2.45, 2.75) is 18.9 Å². The van der Waals surface area contributed by atoms with E-state index in [0.717, 1.165) is 35.5 Å². The third-order valence-electron chi connectivity index (χ3n) is 4.24. The molecule has 1 aliphatic rings. The number of nitrogen functional groups attached to an aromatic ring is 1. The summed E-state index contributed by atoms with van der Waals surface area (Å²) in [7, 11) is 0. The van der Waals surface area contributed by atoms with Crippen molar-refractivity contribution in [3.05, 3.63) is 58.6 Å². The minimum absolute atomic E-state index is 0.111. The van der Waals surface area contributed by atoms with Crippen LogP contribution in [0.4, 0.5) is 5.95 Å². The summed E-state index contributed by atoms with van der Waals surface area (Å²) in [6.07, 6.45) is 1.77. The molecule has 7 heteroatoms. The topological polar surface area (TPSA) is 83.4 Å². The highest BCUT2D eigenvalue weighted by atomic mass is 35.5. The van der Waals surface area contributed by atoms with Crippen LogP contribution >= 0.6 is 11.6 Å². The number of hydrogen-bond acceptors (Lipinski definition) is 6. The Hall–Kier alpha value is -2.57. The average Bonchev–Trinajstić information content (AvgIpc) is 3.30. The van der Waals surface area contributed by atoms with Crippen molar-refractivity contribution in [3.8, 4) is 17.2 Å². The summed E-state index contributed by atoms with van der Waals surface area (Å²) in [6, 6.07) is 13.6. The molecule has 1 aromatic heterocycles. The monoisotopic (exact) mass is 371 g/mol. The Labute approximate surface area is 155 Å². The van der Waals surface area contributed by atoms with Crippen LogP contribution in [0.15, 0.2) is 47.0 Å². The van der Waals surface area contributed by atoms with Crippen LogP contribution in [0.3, 0.4) is 0 Å². The Morgan fingerprint density at radius 2 is 2.04 bits per heavy atom. The molecule has 0 aliphatic carbocycles. The molecule has 0 unspecified atom stereocenters. The van der Waals surface area contributed by atoms with Gasteiger partial charge in [0.2, 0.25) is 0 Å². The van der Waals surface area contributed by atoms with Crippen LogP contribution < -0.4 is 10.5 Å². The van der Waals surface area contributed by atoms with Gasteiger partial charge in [-0.25, -0.2) is 0 Å². The van der Waals surface area contributed by atoms with E-state index in [1.54, 1.807) is 0 Å². The lowest BCUT2D eigenvalue weighted by Crippen LogP contribution is -2.15. The van der Waals surface area contributed by atoms with Crippen LogP contribution in [0.25, 0.3) is 11.5 Å². The number of nitrogens with zero attached hydrogens (tertiary/aromatic N) is 2. The SMILES string of the molecule is Nc1noc(-c2ccc(Cl)c(Cc3ccc(O[C@@H]4CCOC4)cc3)c2)n1. The largest absolute Gasteiger partial charge is 0.488 e. The van der Waals surface area contributed by atoms with Crippen molar-refractivity contribution >= 4 is 17.5 Å². The molecule has 1 fully saturated rings. The first kappa shape index (κ1) is 16.9. The lowest BCUT2D eigenvalue weighted by molar-refractivity contribution is 0.141. The molecule has 1 atom stereocenters. The minimum Gasteiger partial charge on any atom is -0.488 e. The Morgan fingerprint density at radius 3 is 2.73 bits per heavy atom. The highest BCUT2D eigenvalue weighted by molar-refractivity contribution is 6.31. The number of halogens is 1. The van der Waals surface area contributed by atoms with Crippen LogP contribution in [-0.2, 0) is 11.2 Å². The predicted molar refractivity (Wildman–Crippen MR) is 98.3 cm³/mol. The van der Waals surface area contributed by atoms with E-state index < -0.39 is 0 Å². The second-order valence-electron chi connectivity index (χ2n) is 6.19. The molecule has 6 nitrogen and oxygen atoms in total. The number of ether oxygens (including phenoxy) is 2. The predicted octanol–water partition coefficient (Wildman–Crippen LogP) is 3.73. The highest BCUT2D eigenvalue weighted by Gasteiger charge is 2.17. The van der Waals surface area contributed by atoms with E-state index in [2.05, 4.69) is 10.1 Å². The van der Waals surface area contributed by atoms with Gasteiger partial charge in [-0.15, -0.1) is 0 Å². The molecule has 26 heavy (non-hydrogen) atoms. The Kier molecular flexibility index (Phi) is 4.77. The number of benzene rings is 2. The first-order chi connectivity index (χ1) is 12.7. The fraction of sp³-hybridized carbons (Fsp3) is 0.263. The molecular weight excluding hydrogens is 354 g/mol. The first-order valence-corrected chi connectivity index (χ1v) is 8.76. The quantitative estimate of drug-likeness (QED) is 0.735. The second-order valence-corrected chi connectivity index (χ2v) is 6.60. The molecule has 2 aromatic carbocycles. The average molecular weight is 372 g/mol. The van der Waals surface area contributed by atoms with Gasteiger partial charge in [-0.1, -0.05) is 23.7 Å². The summed E-state index contributed by atoms with van der Waals surface area (Å²) >= 11 is 6.35. The van der Waals surface area contributed by atoms with Gasteiger partial charge in [-0.05, 0) is 53.0 Å². The number of hydrogen-bond donors (Lipinski definition) is 1. The van der Waals surface area contributed by atoms with Gasteiger partial charge in [0.1, 0.15) is 11.9 Å². The summed E-state index contributed by atoms with van der Waals surface area (Å²) in [6.45, 7) is 1.42. The minimum atomic E-state index is 0.111. The van der Waals surface area contributed by atoms with E-state index in [1.165, 1.54) is 0 Å². The Balaban J connectivity index is 1.49. The third-order valence-corrected chi connectivity index (χ3v) is 4.61. The highest BCUT2D eigenvalue weighted by Crippen LogP contribution is 2.27. The summed E-state index contributed by atoms with van der Waals surface area (Å²) in [5.41, 5.74) is 8.41. The fourth-order valence-electron chi connectivity index (χ4n) is 2.90. The fourth-order valence-corrected chi connectivity index (χ4v) is 3.08.